The van der Waals surface area contributed by atoms with Gasteiger partial charge in [-0.25, -0.2) is 0 Å². The minimum atomic E-state index is -0.456. The van der Waals surface area contributed by atoms with Crippen molar-refractivity contribution in [1.29, 1.82) is 0 Å². The minimum Gasteiger partial charge on any atom is -0.497 e. The molecule has 3 aromatic rings. The number of nitrogens with zero attached hydrogens (tertiary/aromatic N) is 2. The molecule has 2 heterocycles. The third kappa shape index (κ3) is 6.19. The first-order chi connectivity index (χ1) is 16.9. The number of rotatable bonds is 14. The van der Waals surface area contributed by atoms with Crippen molar-refractivity contribution >= 4 is 0 Å². The average molecular weight is 483 g/mol. The van der Waals surface area contributed by atoms with E-state index in [1.807, 2.05) is 38.1 Å². The second-order valence-electron chi connectivity index (χ2n) is 9.54. The number of H-pyrrole nitrogens is 2. The minimum absolute atomic E-state index is 0.0469. The number of unbranched alkanes of at least 4 members (excludes halogenated alkanes) is 6. The van der Waals surface area contributed by atoms with E-state index < -0.39 is 5.92 Å². The van der Waals surface area contributed by atoms with Crippen molar-refractivity contribution < 1.29 is 4.74 Å². The lowest BCUT2D eigenvalue weighted by Crippen LogP contribution is -2.26. The molecule has 0 bridgehead atoms. The maximum Gasteiger partial charge on any atom is 0.270 e. The van der Waals surface area contributed by atoms with Gasteiger partial charge in [-0.05, 0) is 44.4 Å². The Hall–Kier alpha value is -2.96. The monoisotopic (exact) mass is 482 g/mol. The Morgan fingerprint density at radius 3 is 1.60 bits per heavy atom. The van der Waals surface area contributed by atoms with Crippen LogP contribution in [0.4, 0.5) is 0 Å². The molecule has 0 spiro atoms. The molecule has 7 nitrogen and oxygen atoms in total. The van der Waals surface area contributed by atoms with Crippen LogP contribution in [-0.2, 0) is 13.1 Å². The number of aryl methyl sites for hydroxylation is 4. The number of hydrogen-bond acceptors (Lipinski definition) is 3. The van der Waals surface area contributed by atoms with Gasteiger partial charge in [0.05, 0.1) is 18.2 Å². The van der Waals surface area contributed by atoms with Crippen LogP contribution in [0.5, 0.6) is 5.75 Å². The summed E-state index contributed by atoms with van der Waals surface area (Å²) in [5.74, 6) is 0.285. The quantitative estimate of drug-likeness (QED) is 0.292. The van der Waals surface area contributed by atoms with E-state index in [4.69, 9.17) is 4.74 Å². The van der Waals surface area contributed by atoms with Gasteiger partial charge in [-0.3, -0.25) is 29.2 Å². The second-order valence-corrected chi connectivity index (χ2v) is 9.54. The number of benzene rings is 1. The molecule has 2 aromatic heterocycles. The van der Waals surface area contributed by atoms with Gasteiger partial charge >= 0.3 is 0 Å². The predicted molar refractivity (Wildman–Crippen MR) is 142 cm³/mol. The topological polar surface area (TPSA) is 84.8 Å². The van der Waals surface area contributed by atoms with Crippen molar-refractivity contribution in [3.05, 3.63) is 73.1 Å². The molecule has 1 aromatic carbocycles. The van der Waals surface area contributed by atoms with E-state index in [1.54, 1.807) is 16.5 Å². The third-order valence-corrected chi connectivity index (χ3v) is 6.86. The van der Waals surface area contributed by atoms with E-state index in [0.717, 1.165) is 74.1 Å². The maximum absolute atomic E-state index is 13.6. The molecule has 0 atom stereocenters. The highest BCUT2D eigenvalue weighted by Gasteiger charge is 2.30. The Morgan fingerprint density at radius 1 is 0.743 bits per heavy atom. The van der Waals surface area contributed by atoms with Crippen molar-refractivity contribution in [3.63, 3.8) is 0 Å². The molecule has 0 aliphatic heterocycles. The van der Waals surface area contributed by atoms with Crippen LogP contribution in [-0.4, -0.2) is 26.7 Å². The van der Waals surface area contributed by atoms with Crippen LogP contribution in [0, 0.1) is 13.8 Å². The fraction of sp³-hybridized carbons (Fsp3) is 0.571. The number of nitrogens with one attached hydrogen (secondary N) is 2. The summed E-state index contributed by atoms with van der Waals surface area (Å²) in [6.07, 6.45) is 8.73. The summed E-state index contributed by atoms with van der Waals surface area (Å²) in [6.45, 7) is 9.53. The van der Waals surface area contributed by atoms with E-state index in [2.05, 4.69) is 24.0 Å². The van der Waals surface area contributed by atoms with Gasteiger partial charge in [-0.15, -0.1) is 0 Å². The van der Waals surface area contributed by atoms with Crippen LogP contribution in [0.1, 0.15) is 99.2 Å². The van der Waals surface area contributed by atoms with E-state index in [9.17, 15) is 9.59 Å². The Morgan fingerprint density at radius 2 is 1.20 bits per heavy atom. The fourth-order valence-corrected chi connectivity index (χ4v) is 4.90. The summed E-state index contributed by atoms with van der Waals surface area (Å²) in [6, 6.07) is 7.69. The van der Waals surface area contributed by atoms with Crippen LogP contribution in [0.2, 0.25) is 0 Å². The Kier molecular flexibility index (Phi) is 9.64. The largest absolute Gasteiger partial charge is 0.497 e. The lowest BCUT2D eigenvalue weighted by molar-refractivity contribution is 0.414. The SMILES string of the molecule is CCCCCCn1[nH]c(C)c(C(c2ccc(OC)cc2)c2c(C)[nH]n(CCCCCC)c2=O)c1=O. The molecule has 192 valence electrons. The van der Waals surface area contributed by atoms with Crippen LogP contribution in [0.25, 0.3) is 0 Å². The molecule has 0 saturated carbocycles. The zero-order chi connectivity index (χ0) is 25.4. The van der Waals surface area contributed by atoms with Crippen LogP contribution < -0.4 is 15.9 Å². The maximum atomic E-state index is 13.6. The van der Waals surface area contributed by atoms with E-state index >= 15 is 0 Å². The van der Waals surface area contributed by atoms with Gasteiger partial charge in [-0.2, -0.15) is 0 Å². The van der Waals surface area contributed by atoms with Gasteiger partial charge < -0.3 is 4.74 Å². The smallest absolute Gasteiger partial charge is 0.270 e. The molecule has 2 N–H and O–H groups in total. The Labute approximate surface area is 208 Å². The van der Waals surface area contributed by atoms with Crippen LogP contribution in [0.3, 0.4) is 0 Å². The molecule has 0 amide bonds. The number of methoxy groups -OCH3 is 1. The van der Waals surface area contributed by atoms with Gasteiger partial charge in [0.1, 0.15) is 5.75 Å². The van der Waals surface area contributed by atoms with E-state index in [-0.39, 0.29) is 11.1 Å². The van der Waals surface area contributed by atoms with Gasteiger partial charge in [0.2, 0.25) is 0 Å². The zero-order valence-corrected chi connectivity index (χ0v) is 22.1. The first-order valence-corrected chi connectivity index (χ1v) is 13.1. The Balaban J connectivity index is 2.06. The Bertz CT molecular complexity index is 1110. The highest BCUT2D eigenvalue weighted by atomic mass is 16.5. The van der Waals surface area contributed by atoms with Crippen molar-refractivity contribution in [2.75, 3.05) is 7.11 Å². The molecule has 0 saturated heterocycles. The molecular formula is C28H42N4O3. The van der Waals surface area contributed by atoms with Crippen molar-refractivity contribution in [3.8, 4) is 5.75 Å². The third-order valence-electron chi connectivity index (χ3n) is 6.86. The molecule has 0 aliphatic carbocycles. The van der Waals surface area contributed by atoms with Gasteiger partial charge in [0, 0.05) is 30.4 Å². The van der Waals surface area contributed by atoms with Crippen LogP contribution in [0.15, 0.2) is 33.9 Å². The standard InChI is InChI=1S/C28H42N4O3/c1-6-8-10-12-18-31-27(33)24(20(3)29-31)26(22-14-16-23(35-5)17-15-22)25-21(4)30-32(28(25)34)19-13-11-9-7-2/h14-17,26,29-30H,6-13,18-19H2,1-5H3. The summed E-state index contributed by atoms with van der Waals surface area (Å²) in [7, 11) is 1.63. The van der Waals surface area contributed by atoms with Crippen molar-refractivity contribution in [2.45, 2.75) is 98.1 Å². The molecule has 0 unspecified atom stereocenters. The zero-order valence-electron chi connectivity index (χ0n) is 22.1. The normalized spacial score (nSPS) is 11.5. The molecular weight excluding hydrogens is 440 g/mol. The van der Waals surface area contributed by atoms with Gasteiger partial charge in [0.15, 0.2) is 0 Å². The second kappa shape index (κ2) is 12.7. The highest BCUT2D eigenvalue weighted by molar-refractivity contribution is 5.46. The summed E-state index contributed by atoms with van der Waals surface area (Å²) < 4.78 is 8.77. The van der Waals surface area contributed by atoms with E-state index in [1.165, 1.54) is 0 Å². The average Bonchev–Trinajstić information content (AvgIpc) is 3.30. The number of hydrogen-bond donors (Lipinski definition) is 2. The molecule has 35 heavy (non-hydrogen) atoms. The van der Waals surface area contributed by atoms with Crippen molar-refractivity contribution in [1.82, 2.24) is 19.6 Å². The first kappa shape index (κ1) is 26.6. The summed E-state index contributed by atoms with van der Waals surface area (Å²) in [5, 5.41) is 6.57. The van der Waals surface area contributed by atoms with E-state index in [0.29, 0.717) is 24.2 Å². The van der Waals surface area contributed by atoms with Crippen LogP contribution >= 0.6 is 0 Å². The first-order valence-electron chi connectivity index (χ1n) is 13.1. The number of ether oxygens (including phenoxy) is 1. The summed E-state index contributed by atoms with van der Waals surface area (Å²) in [5.41, 5.74) is 3.71. The highest BCUT2D eigenvalue weighted by Crippen LogP contribution is 2.32. The molecule has 7 heteroatoms. The summed E-state index contributed by atoms with van der Waals surface area (Å²) >= 11 is 0. The lowest BCUT2D eigenvalue weighted by Gasteiger charge is -2.16. The molecule has 0 radical (unpaired) electrons. The molecule has 0 aliphatic rings. The molecule has 3 rings (SSSR count). The lowest BCUT2D eigenvalue weighted by atomic mass is 9.85. The number of aromatic amines is 2. The van der Waals surface area contributed by atoms with Gasteiger partial charge in [-0.1, -0.05) is 64.5 Å². The predicted octanol–water partition coefficient (Wildman–Crippen LogP) is 5.63. The fourth-order valence-electron chi connectivity index (χ4n) is 4.90. The van der Waals surface area contributed by atoms with Gasteiger partial charge in [0.25, 0.3) is 11.1 Å². The van der Waals surface area contributed by atoms with Crippen molar-refractivity contribution in [2.24, 2.45) is 0 Å². The summed E-state index contributed by atoms with van der Waals surface area (Å²) in [4.78, 5) is 27.3. The molecule has 0 fully saturated rings. The number of aromatic nitrogens is 4.